The van der Waals surface area contributed by atoms with E-state index in [1.807, 2.05) is 48.5 Å². The van der Waals surface area contributed by atoms with Crippen molar-refractivity contribution in [3.05, 3.63) is 70.2 Å². The molecule has 4 heteroatoms. The van der Waals surface area contributed by atoms with Crippen molar-refractivity contribution >= 4 is 29.3 Å². The average Bonchev–Trinajstić information content (AvgIpc) is 2.55. The first-order valence-corrected chi connectivity index (χ1v) is 9.61. The molecule has 24 heavy (non-hydrogen) atoms. The number of benzene rings is 2. The van der Waals surface area contributed by atoms with Crippen molar-refractivity contribution in [2.45, 2.75) is 31.9 Å². The molecule has 2 nitrogen and oxygen atoms in total. The van der Waals surface area contributed by atoms with Gasteiger partial charge < -0.3 is 5.32 Å². The summed E-state index contributed by atoms with van der Waals surface area (Å²) in [5.74, 6) is 1.70. The predicted molar refractivity (Wildman–Crippen MR) is 105 cm³/mol. The summed E-state index contributed by atoms with van der Waals surface area (Å²) in [6.07, 6.45) is 0. The van der Waals surface area contributed by atoms with E-state index < -0.39 is 0 Å². The van der Waals surface area contributed by atoms with Crippen LogP contribution in [-0.4, -0.2) is 18.2 Å². The first kappa shape index (κ1) is 18.9. The Hall–Kier alpha value is -1.45. The predicted octanol–water partition coefficient (Wildman–Crippen LogP) is 5.30. The van der Waals surface area contributed by atoms with Crippen molar-refractivity contribution < 1.29 is 4.79 Å². The van der Waals surface area contributed by atoms with E-state index >= 15 is 0 Å². The maximum atomic E-state index is 12.2. The van der Waals surface area contributed by atoms with Gasteiger partial charge in [-0.15, -0.1) is 0 Å². The Morgan fingerprint density at radius 2 is 1.75 bits per heavy atom. The van der Waals surface area contributed by atoms with Crippen LogP contribution in [0.15, 0.2) is 48.5 Å². The fraction of sp³-hybridized carbons (Fsp3) is 0.350. The summed E-state index contributed by atoms with van der Waals surface area (Å²) in [7, 11) is 0. The standard InChI is InChI=1S/C20H24ClNOS/c1-20(2,3)17-10-8-15(9-11-17)19(23)22-12-13-24-14-16-6-4-5-7-18(16)21/h4-11H,12-14H2,1-3H3,(H,22,23). The van der Waals surface area contributed by atoms with Crippen molar-refractivity contribution in [2.24, 2.45) is 0 Å². The number of thioether (sulfide) groups is 1. The number of nitrogens with one attached hydrogen (secondary N) is 1. The second-order valence-corrected chi connectivity index (χ2v) is 8.24. The third-order valence-electron chi connectivity index (χ3n) is 3.76. The molecule has 0 saturated heterocycles. The molecule has 1 N–H and O–H groups in total. The largest absolute Gasteiger partial charge is 0.351 e. The molecule has 0 unspecified atom stereocenters. The number of amides is 1. The molecule has 0 bridgehead atoms. The SMILES string of the molecule is CC(C)(C)c1ccc(C(=O)NCCSCc2ccccc2Cl)cc1. The Labute approximate surface area is 154 Å². The van der Waals surface area contributed by atoms with Gasteiger partial charge in [0.15, 0.2) is 0 Å². The smallest absolute Gasteiger partial charge is 0.251 e. The van der Waals surface area contributed by atoms with Crippen LogP contribution in [-0.2, 0) is 11.2 Å². The van der Waals surface area contributed by atoms with Gasteiger partial charge in [-0.3, -0.25) is 4.79 Å². The van der Waals surface area contributed by atoms with E-state index in [0.29, 0.717) is 12.1 Å². The second kappa shape index (κ2) is 8.59. The molecule has 2 aromatic carbocycles. The lowest BCUT2D eigenvalue weighted by molar-refractivity contribution is 0.0956. The van der Waals surface area contributed by atoms with Crippen molar-refractivity contribution in [1.82, 2.24) is 5.32 Å². The summed E-state index contributed by atoms with van der Waals surface area (Å²) in [5.41, 5.74) is 3.17. The molecule has 1 amide bonds. The van der Waals surface area contributed by atoms with E-state index in [0.717, 1.165) is 22.1 Å². The number of hydrogen-bond donors (Lipinski definition) is 1. The minimum atomic E-state index is -0.0196. The van der Waals surface area contributed by atoms with Crippen LogP contribution in [0.2, 0.25) is 5.02 Å². The van der Waals surface area contributed by atoms with E-state index in [1.165, 1.54) is 5.56 Å². The van der Waals surface area contributed by atoms with Crippen LogP contribution in [0.25, 0.3) is 0 Å². The van der Waals surface area contributed by atoms with Crippen LogP contribution in [0, 0.1) is 0 Å². The summed E-state index contributed by atoms with van der Waals surface area (Å²) in [4.78, 5) is 12.2. The lowest BCUT2D eigenvalue weighted by atomic mass is 9.87. The Kier molecular flexibility index (Phi) is 6.76. The van der Waals surface area contributed by atoms with Crippen molar-refractivity contribution in [3.8, 4) is 0 Å². The van der Waals surface area contributed by atoms with E-state index in [-0.39, 0.29) is 11.3 Å². The Bertz CT molecular complexity index is 677. The fourth-order valence-corrected chi connectivity index (χ4v) is 3.40. The maximum Gasteiger partial charge on any atom is 0.251 e. The Balaban J connectivity index is 1.74. The highest BCUT2D eigenvalue weighted by atomic mass is 35.5. The molecule has 0 spiro atoms. The van der Waals surface area contributed by atoms with Gasteiger partial charge in [-0.25, -0.2) is 0 Å². The quantitative estimate of drug-likeness (QED) is 0.707. The van der Waals surface area contributed by atoms with Crippen LogP contribution >= 0.6 is 23.4 Å². The maximum absolute atomic E-state index is 12.2. The minimum absolute atomic E-state index is 0.0196. The van der Waals surface area contributed by atoms with Crippen molar-refractivity contribution in [2.75, 3.05) is 12.3 Å². The molecule has 0 atom stereocenters. The van der Waals surface area contributed by atoms with Crippen LogP contribution in [0.3, 0.4) is 0 Å². The number of rotatable bonds is 6. The van der Waals surface area contributed by atoms with Crippen LogP contribution in [0.1, 0.15) is 42.3 Å². The zero-order chi connectivity index (χ0) is 17.6. The molecule has 0 fully saturated rings. The van der Waals surface area contributed by atoms with Gasteiger partial charge in [0.2, 0.25) is 0 Å². The fourth-order valence-electron chi connectivity index (χ4n) is 2.26. The molecular weight excluding hydrogens is 338 g/mol. The zero-order valence-electron chi connectivity index (χ0n) is 14.4. The first-order valence-electron chi connectivity index (χ1n) is 8.08. The molecule has 128 valence electrons. The highest BCUT2D eigenvalue weighted by Gasteiger charge is 2.14. The van der Waals surface area contributed by atoms with E-state index in [1.54, 1.807) is 11.8 Å². The number of carbonyl (C=O) groups excluding carboxylic acids is 1. The topological polar surface area (TPSA) is 29.1 Å². The molecular formula is C20H24ClNOS. The average molecular weight is 362 g/mol. The highest BCUT2D eigenvalue weighted by molar-refractivity contribution is 7.98. The van der Waals surface area contributed by atoms with Gasteiger partial charge in [0.25, 0.3) is 5.91 Å². The summed E-state index contributed by atoms with van der Waals surface area (Å²) >= 11 is 7.89. The van der Waals surface area contributed by atoms with Gasteiger partial charge in [0.1, 0.15) is 0 Å². The summed E-state index contributed by atoms with van der Waals surface area (Å²) < 4.78 is 0. The van der Waals surface area contributed by atoms with Crippen LogP contribution in [0.5, 0.6) is 0 Å². The van der Waals surface area contributed by atoms with Crippen LogP contribution in [0.4, 0.5) is 0 Å². The molecule has 2 rings (SSSR count). The molecule has 0 aliphatic heterocycles. The normalized spacial score (nSPS) is 11.3. The summed E-state index contributed by atoms with van der Waals surface area (Å²) in [6.45, 7) is 7.14. The van der Waals surface area contributed by atoms with Crippen LogP contribution < -0.4 is 5.32 Å². The number of carbonyl (C=O) groups is 1. The molecule has 0 saturated carbocycles. The third-order valence-corrected chi connectivity index (χ3v) is 5.14. The summed E-state index contributed by atoms with van der Waals surface area (Å²) in [5, 5.41) is 3.76. The van der Waals surface area contributed by atoms with Crippen molar-refractivity contribution in [3.63, 3.8) is 0 Å². The Morgan fingerprint density at radius 3 is 2.38 bits per heavy atom. The van der Waals surface area contributed by atoms with Gasteiger partial charge in [0, 0.05) is 28.6 Å². The van der Waals surface area contributed by atoms with E-state index in [9.17, 15) is 4.79 Å². The van der Waals surface area contributed by atoms with Gasteiger partial charge in [-0.05, 0) is 34.7 Å². The number of halogens is 1. The first-order chi connectivity index (χ1) is 11.4. The van der Waals surface area contributed by atoms with E-state index in [2.05, 4.69) is 26.1 Å². The zero-order valence-corrected chi connectivity index (χ0v) is 16.0. The minimum Gasteiger partial charge on any atom is -0.351 e. The van der Waals surface area contributed by atoms with Gasteiger partial charge >= 0.3 is 0 Å². The Morgan fingerprint density at radius 1 is 1.08 bits per heavy atom. The monoisotopic (exact) mass is 361 g/mol. The lowest BCUT2D eigenvalue weighted by Crippen LogP contribution is -2.25. The van der Waals surface area contributed by atoms with Gasteiger partial charge in [-0.1, -0.05) is 62.7 Å². The van der Waals surface area contributed by atoms with E-state index in [4.69, 9.17) is 11.6 Å². The number of hydrogen-bond acceptors (Lipinski definition) is 2. The molecule has 0 radical (unpaired) electrons. The molecule has 2 aromatic rings. The summed E-state index contributed by atoms with van der Waals surface area (Å²) in [6, 6.07) is 15.7. The highest BCUT2D eigenvalue weighted by Crippen LogP contribution is 2.22. The van der Waals surface area contributed by atoms with Gasteiger partial charge in [-0.2, -0.15) is 11.8 Å². The third kappa shape index (κ3) is 5.57. The van der Waals surface area contributed by atoms with Gasteiger partial charge in [0.05, 0.1) is 0 Å². The molecule has 0 aromatic heterocycles. The molecule has 0 aliphatic rings. The van der Waals surface area contributed by atoms with Crippen molar-refractivity contribution in [1.29, 1.82) is 0 Å². The second-order valence-electron chi connectivity index (χ2n) is 6.73. The molecule has 0 aliphatic carbocycles. The molecule has 0 heterocycles. The lowest BCUT2D eigenvalue weighted by Gasteiger charge is -2.19.